The Hall–Kier alpha value is -3.72. The number of esters is 1. The molecule has 0 atom stereocenters. The summed E-state index contributed by atoms with van der Waals surface area (Å²) < 4.78 is 17.0. The Bertz CT molecular complexity index is 1320. The van der Waals surface area contributed by atoms with E-state index < -0.39 is 17.7 Å². The average Bonchev–Trinajstić information content (AvgIpc) is 2.93. The number of aromatic nitrogens is 3. The van der Waals surface area contributed by atoms with Crippen LogP contribution in [0.3, 0.4) is 0 Å². The van der Waals surface area contributed by atoms with Gasteiger partial charge in [0.25, 0.3) is 0 Å². The van der Waals surface area contributed by atoms with Gasteiger partial charge in [0.15, 0.2) is 0 Å². The molecule has 0 unspecified atom stereocenters. The summed E-state index contributed by atoms with van der Waals surface area (Å²) in [5, 5.41) is 12.1. The number of carbonyl (C=O) groups is 2. The number of carbonyl (C=O) groups excluding carboxylic acids is 2. The number of ether oxygens (including phenoxy) is 3. The second-order valence-electron chi connectivity index (χ2n) is 10.9. The smallest absolute Gasteiger partial charge is 0.407 e. The van der Waals surface area contributed by atoms with Gasteiger partial charge in [0, 0.05) is 34.9 Å². The van der Waals surface area contributed by atoms with Gasteiger partial charge < -0.3 is 19.5 Å². The Balaban J connectivity index is 1.52. The summed E-state index contributed by atoms with van der Waals surface area (Å²) in [6.07, 6.45) is 5.40. The van der Waals surface area contributed by atoms with Gasteiger partial charge in [-0.25, -0.2) is 9.59 Å². The Morgan fingerprint density at radius 2 is 1.88 bits per heavy atom. The molecule has 1 aliphatic rings. The summed E-state index contributed by atoms with van der Waals surface area (Å²) in [7, 11) is 0. The fourth-order valence-electron chi connectivity index (χ4n) is 4.84. The maximum Gasteiger partial charge on any atom is 0.407 e. The zero-order valence-electron chi connectivity index (χ0n) is 23.3. The molecule has 1 fully saturated rings. The highest BCUT2D eigenvalue weighted by Crippen LogP contribution is 2.41. The molecule has 0 radical (unpaired) electrons. The van der Waals surface area contributed by atoms with Crippen LogP contribution in [-0.2, 0) is 14.9 Å². The van der Waals surface area contributed by atoms with E-state index in [4.69, 9.17) is 25.8 Å². The molecule has 0 bridgehead atoms. The molecule has 9 nitrogen and oxygen atoms in total. The van der Waals surface area contributed by atoms with Gasteiger partial charge in [0.2, 0.25) is 5.88 Å². The van der Waals surface area contributed by atoms with Crippen LogP contribution >= 0.6 is 11.6 Å². The summed E-state index contributed by atoms with van der Waals surface area (Å²) in [6.45, 7) is 7.86. The van der Waals surface area contributed by atoms with Crippen LogP contribution in [-0.4, -0.2) is 52.1 Å². The molecular weight excluding hydrogens is 532 g/mol. The monoisotopic (exact) mass is 566 g/mol. The summed E-state index contributed by atoms with van der Waals surface area (Å²) in [6, 6.07) is 13.0. The molecular formula is C30H35ClN4O5. The van der Waals surface area contributed by atoms with Crippen molar-refractivity contribution in [1.29, 1.82) is 0 Å². The van der Waals surface area contributed by atoms with Crippen molar-refractivity contribution in [3.63, 3.8) is 0 Å². The number of hydrogen-bond acceptors (Lipinski definition) is 8. The van der Waals surface area contributed by atoms with Crippen LogP contribution in [0.5, 0.6) is 5.88 Å². The lowest BCUT2D eigenvalue weighted by Gasteiger charge is -2.41. The van der Waals surface area contributed by atoms with Crippen LogP contribution in [0, 0.1) is 0 Å². The van der Waals surface area contributed by atoms with Gasteiger partial charge >= 0.3 is 12.1 Å². The zero-order valence-corrected chi connectivity index (χ0v) is 24.0. The number of nitrogens with zero attached hydrogens (tertiary/aromatic N) is 3. The lowest BCUT2D eigenvalue weighted by Crippen LogP contribution is -2.46. The molecule has 1 aromatic carbocycles. The molecule has 1 saturated carbocycles. The van der Waals surface area contributed by atoms with Crippen molar-refractivity contribution in [1.82, 2.24) is 20.5 Å². The minimum atomic E-state index is -0.594. The molecule has 0 saturated heterocycles. The standard InChI is InChI=1S/C30H35ClN4O5/c1-5-38-27(36)24-17-25(20-8-7-15-32-18-20)34-35-26(24)39-23-11-13-30(14-12-23,21-9-6-10-22(31)16-21)19-33-28(37)40-29(2,3)4/h6-10,15-18,23H,5,11-14,19H2,1-4H3,(H,33,37). The van der Waals surface area contributed by atoms with Crippen LogP contribution in [0.1, 0.15) is 69.3 Å². The van der Waals surface area contributed by atoms with Gasteiger partial charge in [0.1, 0.15) is 17.3 Å². The second kappa shape index (κ2) is 12.6. The van der Waals surface area contributed by atoms with Crippen LogP contribution in [0.4, 0.5) is 4.79 Å². The Morgan fingerprint density at radius 3 is 2.52 bits per heavy atom. The van der Waals surface area contributed by atoms with Gasteiger partial charge in [-0.1, -0.05) is 23.7 Å². The molecule has 1 N–H and O–H groups in total. The first-order valence-corrected chi connectivity index (χ1v) is 13.8. The van der Waals surface area contributed by atoms with Crippen molar-refractivity contribution >= 4 is 23.7 Å². The van der Waals surface area contributed by atoms with E-state index in [9.17, 15) is 9.59 Å². The molecule has 1 amide bonds. The van der Waals surface area contributed by atoms with E-state index in [1.807, 2.05) is 51.1 Å². The van der Waals surface area contributed by atoms with Crippen molar-refractivity contribution in [3.05, 3.63) is 71.0 Å². The molecule has 212 valence electrons. The van der Waals surface area contributed by atoms with Gasteiger partial charge in [0.05, 0.1) is 12.3 Å². The van der Waals surface area contributed by atoms with E-state index in [1.165, 1.54) is 0 Å². The van der Waals surface area contributed by atoms with E-state index in [0.29, 0.717) is 42.9 Å². The third-order valence-corrected chi connectivity index (χ3v) is 7.02. The fourth-order valence-corrected chi connectivity index (χ4v) is 5.03. The van der Waals surface area contributed by atoms with Gasteiger partial charge in [-0.3, -0.25) is 4.98 Å². The van der Waals surface area contributed by atoms with Gasteiger partial charge in [-0.15, -0.1) is 10.2 Å². The third-order valence-electron chi connectivity index (χ3n) is 6.79. The molecule has 40 heavy (non-hydrogen) atoms. The van der Waals surface area contributed by atoms with E-state index in [0.717, 1.165) is 11.1 Å². The molecule has 0 aliphatic heterocycles. The second-order valence-corrected chi connectivity index (χ2v) is 11.3. The molecule has 1 aliphatic carbocycles. The van der Waals surface area contributed by atoms with Crippen LogP contribution < -0.4 is 10.1 Å². The average molecular weight is 567 g/mol. The number of hydrogen-bond donors (Lipinski definition) is 1. The topological polar surface area (TPSA) is 113 Å². The number of amides is 1. The Morgan fingerprint density at radius 1 is 1.10 bits per heavy atom. The van der Waals surface area contributed by atoms with E-state index in [2.05, 4.69) is 20.5 Å². The van der Waals surface area contributed by atoms with Crippen LogP contribution in [0.25, 0.3) is 11.3 Å². The molecule has 0 spiro atoms. The highest BCUT2D eigenvalue weighted by molar-refractivity contribution is 6.30. The zero-order chi connectivity index (χ0) is 28.8. The van der Waals surface area contributed by atoms with E-state index >= 15 is 0 Å². The maximum absolute atomic E-state index is 12.8. The number of rotatable bonds is 8. The first-order chi connectivity index (χ1) is 19.1. The molecule has 3 aromatic rings. The number of nitrogens with one attached hydrogen (secondary N) is 1. The van der Waals surface area contributed by atoms with Gasteiger partial charge in [-0.2, -0.15) is 0 Å². The summed E-state index contributed by atoms with van der Waals surface area (Å²) in [5.74, 6) is -0.388. The van der Waals surface area contributed by atoms with E-state index in [-0.39, 0.29) is 29.6 Å². The predicted molar refractivity (Wildman–Crippen MR) is 151 cm³/mol. The molecule has 10 heteroatoms. The van der Waals surface area contributed by atoms with Crippen molar-refractivity contribution in [3.8, 4) is 17.1 Å². The summed E-state index contributed by atoms with van der Waals surface area (Å²) in [4.78, 5) is 29.4. The van der Waals surface area contributed by atoms with Crippen molar-refractivity contribution in [2.24, 2.45) is 0 Å². The highest BCUT2D eigenvalue weighted by Gasteiger charge is 2.39. The van der Waals surface area contributed by atoms with Crippen LogP contribution in [0.15, 0.2) is 54.9 Å². The first kappa shape index (κ1) is 29.3. The number of benzene rings is 1. The first-order valence-electron chi connectivity index (χ1n) is 13.4. The largest absolute Gasteiger partial charge is 0.473 e. The third kappa shape index (κ3) is 7.47. The summed E-state index contributed by atoms with van der Waals surface area (Å²) in [5.41, 5.74) is 1.54. The molecule has 2 heterocycles. The fraction of sp³-hybridized carbons (Fsp3) is 0.433. The number of halogens is 1. The number of pyridine rings is 1. The van der Waals surface area contributed by atoms with Gasteiger partial charge in [-0.05, 0) is 89.3 Å². The van der Waals surface area contributed by atoms with Crippen LogP contribution in [0.2, 0.25) is 5.02 Å². The minimum absolute atomic E-state index is 0.137. The lowest BCUT2D eigenvalue weighted by atomic mass is 9.68. The lowest BCUT2D eigenvalue weighted by molar-refractivity contribution is 0.0491. The van der Waals surface area contributed by atoms with E-state index in [1.54, 1.807) is 31.5 Å². The maximum atomic E-state index is 12.8. The molecule has 2 aromatic heterocycles. The summed E-state index contributed by atoms with van der Waals surface area (Å²) >= 11 is 6.34. The normalized spacial score (nSPS) is 19.0. The SMILES string of the molecule is CCOC(=O)c1cc(-c2cccnc2)nnc1OC1CCC(CNC(=O)OC(C)(C)C)(c2cccc(Cl)c2)CC1. The Kier molecular flexibility index (Phi) is 9.25. The quantitative estimate of drug-likeness (QED) is 0.323. The Labute approximate surface area is 239 Å². The minimum Gasteiger partial charge on any atom is -0.473 e. The number of alkyl carbamates (subject to hydrolysis) is 1. The van der Waals surface area contributed by atoms with Crippen molar-refractivity contribution < 1.29 is 23.8 Å². The van der Waals surface area contributed by atoms with Crippen molar-refractivity contribution in [2.45, 2.75) is 70.5 Å². The highest BCUT2D eigenvalue weighted by atomic mass is 35.5. The predicted octanol–water partition coefficient (Wildman–Crippen LogP) is 6.15. The van der Waals surface area contributed by atoms with Crippen molar-refractivity contribution in [2.75, 3.05) is 13.2 Å². The molecule has 4 rings (SSSR count).